The van der Waals surface area contributed by atoms with Gasteiger partial charge >= 0.3 is 0 Å². The second kappa shape index (κ2) is 11.5. The van der Waals surface area contributed by atoms with E-state index in [1.807, 2.05) is 89.8 Å². The van der Waals surface area contributed by atoms with Crippen LogP contribution in [0.4, 0.5) is 0 Å². The molecule has 1 unspecified atom stereocenters. The molecule has 1 fully saturated rings. The summed E-state index contributed by atoms with van der Waals surface area (Å²) in [5.41, 5.74) is 2.73. The summed E-state index contributed by atoms with van der Waals surface area (Å²) in [6, 6.07) is 26.4. The molecule has 8 heteroatoms. The van der Waals surface area contributed by atoms with Gasteiger partial charge in [0.25, 0.3) is 0 Å². The molecule has 0 saturated carbocycles. The molecule has 0 aliphatic carbocycles. The van der Waals surface area contributed by atoms with Crippen LogP contribution in [0.5, 0.6) is 5.75 Å². The van der Waals surface area contributed by atoms with Crippen LogP contribution >= 0.6 is 0 Å². The largest absolute Gasteiger partial charge is 0.497 e. The third-order valence-corrected chi connectivity index (χ3v) is 8.02. The van der Waals surface area contributed by atoms with Gasteiger partial charge in [-0.1, -0.05) is 72.8 Å². The van der Waals surface area contributed by atoms with E-state index < -0.39 is 10.0 Å². The first-order valence-corrected chi connectivity index (χ1v) is 13.3. The average Bonchev–Trinajstić information content (AvgIpc) is 2.88. The molecule has 1 atom stereocenters. The number of hydrogen-bond donors (Lipinski definition) is 1. The van der Waals surface area contributed by atoms with Crippen molar-refractivity contribution in [3.05, 3.63) is 102 Å². The Hall–Kier alpha value is -3.20. The molecule has 0 spiro atoms. The molecule has 35 heavy (non-hydrogen) atoms. The number of rotatable bonds is 9. The predicted molar refractivity (Wildman–Crippen MR) is 137 cm³/mol. The zero-order valence-corrected chi connectivity index (χ0v) is 20.7. The molecule has 7 nitrogen and oxygen atoms in total. The molecule has 0 aromatic heterocycles. The molecule has 1 aliphatic rings. The fourth-order valence-electron chi connectivity index (χ4n) is 4.25. The fourth-order valence-corrected chi connectivity index (χ4v) is 5.77. The van der Waals surface area contributed by atoms with Gasteiger partial charge in [0, 0.05) is 26.2 Å². The quantitative estimate of drug-likeness (QED) is 0.496. The molecule has 1 heterocycles. The zero-order valence-electron chi connectivity index (χ0n) is 19.8. The van der Waals surface area contributed by atoms with E-state index in [0.29, 0.717) is 26.2 Å². The third kappa shape index (κ3) is 6.69. The minimum absolute atomic E-state index is 0.00502. The van der Waals surface area contributed by atoms with Crippen LogP contribution in [0.25, 0.3) is 0 Å². The number of nitrogens with one attached hydrogen (secondary N) is 1. The molecule has 1 aliphatic heterocycles. The van der Waals surface area contributed by atoms with Gasteiger partial charge in [-0.3, -0.25) is 9.69 Å². The van der Waals surface area contributed by atoms with Crippen molar-refractivity contribution in [3.8, 4) is 5.75 Å². The number of hydrogen-bond acceptors (Lipinski definition) is 5. The van der Waals surface area contributed by atoms with Crippen LogP contribution in [0.1, 0.15) is 22.7 Å². The van der Waals surface area contributed by atoms with Crippen molar-refractivity contribution in [1.82, 2.24) is 14.5 Å². The summed E-state index contributed by atoms with van der Waals surface area (Å²) in [6.07, 6.45) is 0. The Morgan fingerprint density at radius 2 is 1.43 bits per heavy atom. The van der Waals surface area contributed by atoms with E-state index in [1.165, 1.54) is 4.31 Å². The standard InChI is InChI=1S/C27H31N3O4S/c1-34-25-14-12-24(13-15-25)27(23-10-6-3-7-11-23)28-26(31)20-29-16-18-30(19-17-29)35(32,33)21-22-8-4-2-5-9-22/h2-15,27H,16-21H2,1H3,(H,28,31). The van der Waals surface area contributed by atoms with E-state index in [2.05, 4.69) is 5.32 Å². The summed E-state index contributed by atoms with van der Waals surface area (Å²) in [4.78, 5) is 15.0. The van der Waals surface area contributed by atoms with E-state index in [-0.39, 0.29) is 24.2 Å². The number of amides is 1. The highest BCUT2D eigenvalue weighted by Gasteiger charge is 2.28. The number of sulfonamides is 1. The lowest BCUT2D eigenvalue weighted by Gasteiger charge is -2.34. The number of carbonyl (C=O) groups is 1. The van der Waals surface area contributed by atoms with Crippen molar-refractivity contribution in [2.75, 3.05) is 39.8 Å². The van der Waals surface area contributed by atoms with E-state index in [1.54, 1.807) is 7.11 Å². The van der Waals surface area contributed by atoms with E-state index in [4.69, 9.17) is 4.74 Å². The molecule has 184 valence electrons. The highest BCUT2D eigenvalue weighted by atomic mass is 32.2. The van der Waals surface area contributed by atoms with Crippen molar-refractivity contribution < 1.29 is 17.9 Å². The average molecular weight is 494 g/mol. The molecular weight excluding hydrogens is 462 g/mol. The van der Waals surface area contributed by atoms with Crippen LogP contribution < -0.4 is 10.1 Å². The van der Waals surface area contributed by atoms with Crippen molar-refractivity contribution in [2.24, 2.45) is 0 Å². The van der Waals surface area contributed by atoms with E-state index >= 15 is 0 Å². The summed E-state index contributed by atoms with van der Waals surface area (Å²) in [5, 5.41) is 3.16. The fraction of sp³-hybridized carbons (Fsp3) is 0.296. The van der Waals surface area contributed by atoms with Gasteiger partial charge in [-0.15, -0.1) is 0 Å². The monoisotopic (exact) mass is 493 g/mol. The Bertz CT molecular complexity index is 1190. The summed E-state index contributed by atoms with van der Waals surface area (Å²) >= 11 is 0. The molecule has 0 bridgehead atoms. The van der Waals surface area contributed by atoms with Gasteiger partial charge in [0.15, 0.2) is 0 Å². The number of carbonyl (C=O) groups excluding carboxylic acids is 1. The smallest absolute Gasteiger partial charge is 0.234 e. The molecular formula is C27H31N3O4S. The van der Waals surface area contributed by atoms with Crippen LogP contribution in [-0.2, 0) is 20.6 Å². The minimum atomic E-state index is -3.39. The second-order valence-corrected chi connectivity index (χ2v) is 10.6. The Labute approximate surface area is 207 Å². The van der Waals surface area contributed by atoms with Crippen LogP contribution in [0.15, 0.2) is 84.9 Å². The van der Waals surface area contributed by atoms with Crippen LogP contribution in [0, 0.1) is 0 Å². The van der Waals surface area contributed by atoms with Crippen molar-refractivity contribution in [2.45, 2.75) is 11.8 Å². The lowest BCUT2D eigenvalue weighted by molar-refractivity contribution is -0.123. The topological polar surface area (TPSA) is 79.0 Å². The first-order chi connectivity index (χ1) is 16.9. The van der Waals surface area contributed by atoms with Gasteiger partial charge in [-0.25, -0.2) is 8.42 Å². The number of ether oxygens (including phenoxy) is 1. The Balaban J connectivity index is 1.35. The van der Waals surface area contributed by atoms with Crippen molar-refractivity contribution in [3.63, 3.8) is 0 Å². The lowest BCUT2D eigenvalue weighted by Crippen LogP contribution is -2.51. The van der Waals surface area contributed by atoms with Gasteiger partial charge in [-0.05, 0) is 28.8 Å². The molecule has 1 N–H and O–H groups in total. The highest BCUT2D eigenvalue weighted by molar-refractivity contribution is 7.88. The maximum atomic E-state index is 13.0. The third-order valence-electron chi connectivity index (χ3n) is 6.17. The maximum Gasteiger partial charge on any atom is 0.234 e. The first kappa shape index (κ1) is 24.9. The molecule has 4 rings (SSSR count). The van der Waals surface area contributed by atoms with Gasteiger partial charge in [-0.2, -0.15) is 4.31 Å². The normalized spacial score (nSPS) is 15.9. The summed E-state index contributed by atoms with van der Waals surface area (Å²) in [5.74, 6) is 0.650. The SMILES string of the molecule is COc1ccc(C(NC(=O)CN2CCN(S(=O)(=O)Cc3ccccc3)CC2)c2ccccc2)cc1. The van der Waals surface area contributed by atoms with E-state index in [9.17, 15) is 13.2 Å². The number of benzene rings is 3. The maximum absolute atomic E-state index is 13.0. The molecule has 1 amide bonds. The highest BCUT2D eigenvalue weighted by Crippen LogP contribution is 2.24. The van der Waals surface area contributed by atoms with Crippen molar-refractivity contribution in [1.29, 1.82) is 0 Å². The van der Waals surface area contributed by atoms with Crippen LogP contribution in [0.2, 0.25) is 0 Å². The molecule has 3 aromatic carbocycles. The zero-order chi connectivity index (χ0) is 24.7. The van der Waals surface area contributed by atoms with Gasteiger partial charge in [0.1, 0.15) is 5.75 Å². The van der Waals surface area contributed by atoms with Gasteiger partial charge in [0.2, 0.25) is 15.9 Å². The van der Waals surface area contributed by atoms with Crippen molar-refractivity contribution >= 4 is 15.9 Å². The number of methoxy groups -OCH3 is 1. The van der Waals surface area contributed by atoms with Crippen LogP contribution in [0.3, 0.4) is 0 Å². The van der Waals surface area contributed by atoms with E-state index in [0.717, 1.165) is 22.4 Å². The van der Waals surface area contributed by atoms with Crippen LogP contribution in [-0.4, -0.2) is 63.4 Å². The summed E-state index contributed by atoms with van der Waals surface area (Å²) < 4.78 is 32.4. The molecule has 3 aromatic rings. The Morgan fingerprint density at radius 1 is 0.857 bits per heavy atom. The number of piperazine rings is 1. The number of nitrogens with zero attached hydrogens (tertiary/aromatic N) is 2. The molecule has 0 radical (unpaired) electrons. The minimum Gasteiger partial charge on any atom is -0.497 e. The summed E-state index contributed by atoms with van der Waals surface area (Å²) in [6.45, 7) is 2.00. The second-order valence-electron chi connectivity index (χ2n) is 8.60. The van der Waals surface area contributed by atoms with Gasteiger partial charge in [0.05, 0.1) is 25.4 Å². The molecule has 1 saturated heterocycles. The first-order valence-electron chi connectivity index (χ1n) is 11.7. The Kier molecular flexibility index (Phi) is 8.17. The predicted octanol–water partition coefficient (Wildman–Crippen LogP) is 3.05. The summed E-state index contributed by atoms with van der Waals surface area (Å²) in [7, 11) is -1.77. The van der Waals surface area contributed by atoms with Gasteiger partial charge < -0.3 is 10.1 Å². The Morgan fingerprint density at radius 3 is 2.03 bits per heavy atom. The lowest BCUT2D eigenvalue weighted by atomic mass is 9.98.